The van der Waals surface area contributed by atoms with Gasteiger partial charge in [0.15, 0.2) is 0 Å². The van der Waals surface area contributed by atoms with Crippen LogP contribution in [0, 0.1) is 26.7 Å². The molecule has 2 aromatic carbocycles. The van der Waals surface area contributed by atoms with Crippen LogP contribution in [0.2, 0.25) is 0 Å². The highest BCUT2D eigenvalue weighted by Gasteiger charge is 2.34. The third-order valence-corrected chi connectivity index (χ3v) is 9.23. The highest BCUT2D eigenvalue weighted by Crippen LogP contribution is 2.20. The van der Waals surface area contributed by atoms with Crippen LogP contribution in [0.1, 0.15) is 59.6 Å². The number of ether oxygens (including phenoxy) is 1. The van der Waals surface area contributed by atoms with E-state index in [4.69, 9.17) is 4.74 Å². The molecule has 3 N–H and O–H groups in total. The standard InChI is InChI=1S/C38H51N7O6/c1-24(2)19-32-38(50)43(6)22-34(46)40-29(20-28-13-9-8-10-14-28)23-51-33-16-12-11-15-30(33)36(48)41-31(21-35(47)44(32)7)37(49)39-17-18-45-27(5)25(3)26(4)42-45/h8-16,24,29,31-32H,17-23H2,1-7H3,(H,39,49)(H,40,46)(H,41,48)/t29-,31+,32+/m1/s1. The molecule has 0 saturated carbocycles. The van der Waals surface area contributed by atoms with Gasteiger partial charge in [-0.05, 0) is 62.8 Å². The van der Waals surface area contributed by atoms with E-state index in [1.54, 1.807) is 28.9 Å². The Balaban J connectivity index is 1.66. The average molecular weight is 702 g/mol. The molecule has 0 fully saturated rings. The third-order valence-electron chi connectivity index (χ3n) is 9.23. The number of para-hydroxylation sites is 1. The van der Waals surface area contributed by atoms with Gasteiger partial charge in [-0.2, -0.15) is 5.10 Å². The zero-order chi connectivity index (χ0) is 37.2. The van der Waals surface area contributed by atoms with Crippen molar-refractivity contribution in [3.63, 3.8) is 0 Å². The van der Waals surface area contributed by atoms with Gasteiger partial charge in [0.2, 0.25) is 23.6 Å². The summed E-state index contributed by atoms with van der Waals surface area (Å²) in [7, 11) is 3.04. The van der Waals surface area contributed by atoms with E-state index < -0.39 is 54.1 Å². The molecule has 3 atom stereocenters. The lowest BCUT2D eigenvalue weighted by Crippen LogP contribution is -2.54. The number of likely N-dealkylation sites (N-methyl/N-ethyl adjacent to an activating group) is 2. The molecule has 0 bridgehead atoms. The maximum Gasteiger partial charge on any atom is 0.255 e. The Bertz CT molecular complexity index is 1710. The number of aryl methyl sites for hydroxylation is 1. The number of aromatic nitrogens is 2. The molecule has 51 heavy (non-hydrogen) atoms. The van der Waals surface area contributed by atoms with Crippen molar-refractivity contribution in [1.82, 2.24) is 35.5 Å². The first-order valence-electron chi connectivity index (χ1n) is 17.4. The fourth-order valence-corrected chi connectivity index (χ4v) is 6.06. The van der Waals surface area contributed by atoms with Crippen LogP contribution in [-0.4, -0.2) is 101 Å². The van der Waals surface area contributed by atoms with Gasteiger partial charge in [0.1, 0.15) is 24.4 Å². The maximum absolute atomic E-state index is 13.8. The molecule has 274 valence electrons. The summed E-state index contributed by atoms with van der Waals surface area (Å²) in [5.74, 6) is -2.20. The first-order valence-corrected chi connectivity index (χ1v) is 17.4. The zero-order valence-electron chi connectivity index (χ0n) is 30.7. The second-order valence-electron chi connectivity index (χ2n) is 13.6. The summed E-state index contributed by atoms with van der Waals surface area (Å²) < 4.78 is 7.96. The molecule has 0 unspecified atom stereocenters. The lowest BCUT2D eigenvalue weighted by atomic mass is 10.0. The van der Waals surface area contributed by atoms with Crippen LogP contribution in [0.5, 0.6) is 5.75 Å². The SMILES string of the molecule is Cc1nn(CCNC(=O)[C@@H]2CC(=O)N(C)[C@@H](CC(C)C)C(=O)N(C)CC(=O)N[C@H](Cc3ccccc3)COc3ccccc3C(=O)N2)c(C)c1C. The predicted molar refractivity (Wildman–Crippen MR) is 193 cm³/mol. The topological polar surface area (TPSA) is 155 Å². The van der Waals surface area contributed by atoms with Crippen LogP contribution in [0.15, 0.2) is 54.6 Å². The molecule has 0 radical (unpaired) electrons. The quantitative estimate of drug-likeness (QED) is 0.326. The number of fused-ring (bicyclic) bond motifs is 1. The van der Waals surface area contributed by atoms with E-state index in [0.29, 0.717) is 19.4 Å². The largest absolute Gasteiger partial charge is 0.491 e. The Morgan fingerprint density at radius 2 is 1.67 bits per heavy atom. The molecule has 1 aliphatic heterocycles. The second kappa shape index (κ2) is 17.6. The van der Waals surface area contributed by atoms with Gasteiger partial charge >= 0.3 is 0 Å². The second-order valence-corrected chi connectivity index (χ2v) is 13.6. The minimum atomic E-state index is -1.26. The van der Waals surface area contributed by atoms with Crippen LogP contribution in [0.3, 0.4) is 0 Å². The van der Waals surface area contributed by atoms with Crippen molar-refractivity contribution in [2.75, 3.05) is 33.8 Å². The van der Waals surface area contributed by atoms with Gasteiger partial charge < -0.3 is 30.5 Å². The Labute approximate surface area is 300 Å². The number of nitrogens with one attached hydrogen (secondary N) is 3. The number of rotatable bonds is 8. The molecule has 1 aromatic heterocycles. The molecule has 5 amide bonds. The van der Waals surface area contributed by atoms with Crippen molar-refractivity contribution in [3.8, 4) is 5.75 Å². The summed E-state index contributed by atoms with van der Waals surface area (Å²) in [6.45, 7) is 10.1. The van der Waals surface area contributed by atoms with Crippen LogP contribution < -0.4 is 20.7 Å². The summed E-state index contributed by atoms with van der Waals surface area (Å²) in [6, 6.07) is 13.5. The fourth-order valence-electron chi connectivity index (χ4n) is 6.06. The first kappa shape index (κ1) is 38.6. The lowest BCUT2D eigenvalue weighted by Gasteiger charge is -2.32. The van der Waals surface area contributed by atoms with Crippen molar-refractivity contribution in [1.29, 1.82) is 0 Å². The molecule has 13 nitrogen and oxygen atoms in total. The molecule has 13 heteroatoms. The van der Waals surface area contributed by atoms with Gasteiger partial charge in [-0.3, -0.25) is 28.7 Å². The van der Waals surface area contributed by atoms with E-state index >= 15 is 0 Å². The lowest BCUT2D eigenvalue weighted by molar-refractivity contribution is -0.146. The number of benzene rings is 2. The highest BCUT2D eigenvalue weighted by molar-refractivity contribution is 6.01. The summed E-state index contributed by atoms with van der Waals surface area (Å²) in [5, 5.41) is 13.1. The summed E-state index contributed by atoms with van der Waals surface area (Å²) in [4.78, 5) is 71.1. The summed E-state index contributed by atoms with van der Waals surface area (Å²) in [5.41, 5.74) is 4.08. The molecule has 2 heterocycles. The van der Waals surface area contributed by atoms with Crippen LogP contribution in [0.4, 0.5) is 0 Å². The molecule has 0 saturated heterocycles. The smallest absolute Gasteiger partial charge is 0.255 e. The van der Waals surface area contributed by atoms with Crippen molar-refractivity contribution >= 4 is 29.5 Å². The maximum atomic E-state index is 13.8. The Kier molecular flexibility index (Phi) is 13.4. The molecule has 0 spiro atoms. The molecule has 1 aliphatic rings. The van der Waals surface area contributed by atoms with E-state index in [9.17, 15) is 24.0 Å². The van der Waals surface area contributed by atoms with E-state index in [-0.39, 0.29) is 36.9 Å². The molecule has 4 rings (SSSR count). The van der Waals surface area contributed by atoms with Gasteiger partial charge in [0.25, 0.3) is 5.91 Å². The number of nitrogens with zero attached hydrogens (tertiary/aromatic N) is 4. The van der Waals surface area contributed by atoms with E-state index in [2.05, 4.69) is 21.0 Å². The van der Waals surface area contributed by atoms with Gasteiger partial charge in [0.05, 0.1) is 36.8 Å². The molecular weight excluding hydrogens is 650 g/mol. The minimum Gasteiger partial charge on any atom is -0.491 e. The van der Waals surface area contributed by atoms with Crippen LogP contribution in [-0.2, 0) is 32.1 Å². The molecular formula is C38H51N7O6. The highest BCUT2D eigenvalue weighted by atomic mass is 16.5. The number of amides is 5. The monoisotopic (exact) mass is 701 g/mol. The molecule has 3 aromatic rings. The Morgan fingerprint density at radius 3 is 2.33 bits per heavy atom. The predicted octanol–water partition coefficient (Wildman–Crippen LogP) is 2.56. The zero-order valence-corrected chi connectivity index (χ0v) is 30.7. The van der Waals surface area contributed by atoms with Gasteiger partial charge in [-0.15, -0.1) is 0 Å². The van der Waals surface area contributed by atoms with E-state index in [1.807, 2.05) is 65.0 Å². The number of carbonyl (C=O) groups is 5. The normalized spacial score (nSPS) is 19.6. The average Bonchev–Trinajstić information content (AvgIpc) is 3.34. The van der Waals surface area contributed by atoms with E-state index in [0.717, 1.165) is 22.5 Å². The van der Waals surface area contributed by atoms with Gasteiger partial charge in [0, 0.05) is 26.3 Å². The van der Waals surface area contributed by atoms with Gasteiger partial charge in [-0.1, -0.05) is 56.3 Å². The Hall–Kier alpha value is -5.20. The minimum absolute atomic E-state index is 0.0233. The number of hydrogen-bond acceptors (Lipinski definition) is 7. The Morgan fingerprint density at radius 1 is 0.980 bits per heavy atom. The van der Waals surface area contributed by atoms with Crippen LogP contribution >= 0.6 is 0 Å². The number of carbonyl (C=O) groups excluding carboxylic acids is 5. The summed E-state index contributed by atoms with van der Waals surface area (Å²) in [6.07, 6.45) is 0.364. The molecule has 0 aliphatic carbocycles. The third kappa shape index (κ3) is 10.4. The van der Waals surface area contributed by atoms with Gasteiger partial charge in [-0.25, -0.2) is 0 Å². The fraction of sp³-hybridized carbons (Fsp3) is 0.474. The van der Waals surface area contributed by atoms with E-state index in [1.165, 1.54) is 23.9 Å². The summed E-state index contributed by atoms with van der Waals surface area (Å²) >= 11 is 0. The van der Waals surface area contributed by atoms with Crippen molar-refractivity contribution in [2.45, 2.75) is 78.6 Å². The van der Waals surface area contributed by atoms with Crippen molar-refractivity contribution in [3.05, 3.63) is 82.7 Å². The van der Waals surface area contributed by atoms with Crippen molar-refractivity contribution in [2.24, 2.45) is 5.92 Å². The van der Waals surface area contributed by atoms with Crippen LogP contribution in [0.25, 0.3) is 0 Å². The first-order chi connectivity index (χ1) is 24.2. The number of hydrogen-bond donors (Lipinski definition) is 3. The van der Waals surface area contributed by atoms with Crippen molar-refractivity contribution < 1.29 is 28.7 Å².